The first-order valence-electron chi connectivity index (χ1n) is 7.80. The van der Waals surface area contributed by atoms with Crippen molar-refractivity contribution in [1.82, 2.24) is 29.7 Å². The average Bonchev–Trinajstić information content (AvgIpc) is 3.24. The van der Waals surface area contributed by atoms with Crippen LogP contribution in [-0.4, -0.2) is 37.4 Å². The van der Waals surface area contributed by atoms with Crippen molar-refractivity contribution in [2.24, 2.45) is 0 Å². The minimum absolute atomic E-state index is 0.110. The summed E-state index contributed by atoms with van der Waals surface area (Å²) in [6, 6.07) is 13.4. The maximum Gasteiger partial charge on any atom is 0.240 e. The molecular formula is C17H16N6O2. The van der Waals surface area contributed by atoms with Crippen molar-refractivity contribution in [3.8, 4) is 5.88 Å². The van der Waals surface area contributed by atoms with Gasteiger partial charge in [-0.3, -0.25) is 4.79 Å². The molecule has 0 atom stereocenters. The zero-order valence-electron chi connectivity index (χ0n) is 13.6. The second-order valence-electron chi connectivity index (χ2n) is 5.54. The Kier molecular flexibility index (Phi) is 3.77. The predicted octanol–water partition coefficient (Wildman–Crippen LogP) is 1.40. The lowest BCUT2D eigenvalue weighted by molar-refractivity contribution is -0.121. The van der Waals surface area contributed by atoms with Crippen molar-refractivity contribution in [2.75, 3.05) is 7.11 Å². The maximum atomic E-state index is 12.3. The first kappa shape index (κ1) is 15.1. The van der Waals surface area contributed by atoms with Crippen molar-refractivity contribution in [3.63, 3.8) is 0 Å². The van der Waals surface area contributed by atoms with E-state index in [-0.39, 0.29) is 19.0 Å². The molecule has 1 N–H and O–H groups in total. The largest absolute Gasteiger partial charge is 0.480 e. The fraction of sp³-hybridized carbons (Fsp3) is 0.176. The molecule has 3 aromatic heterocycles. The van der Waals surface area contributed by atoms with E-state index in [4.69, 9.17) is 4.74 Å². The van der Waals surface area contributed by atoms with Crippen LogP contribution in [0.25, 0.3) is 16.6 Å². The van der Waals surface area contributed by atoms with Crippen LogP contribution in [-0.2, 0) is 17.9 Å². The van der Waals surface area contributed by atoms with Crippen molar-refractivity contribution >= 4 is 22.5 Å². The molecule has 0 aliphatic heterocycles. The van der Waals surface area contributed by atoms with Gasteiger partial charge in [0.05, 0.1) is 13.7 Å². The standard InChI is InChI=1S/C17H16N6O2/c1-25-17-7-6-14-19-20-15(23(14)21-17)10-18-16(24)11-22-9-8-12-4-2-3-5-13(12)22/h2-9H,10-11H2,1H3,(H,18,24). The van der Waals surface area contributed by atoms with Gasteiger partial charge >= 0.3 is 0 Å². The fourth-order valence-electron chi connectivity index (χ4n) is 2.70. The first-order valence-corrected chi connectivity index (χ1v) is 7.80. The summed E-state index contributed by atoms with van der Waals surface area (Å²) in [6.45, 7) is 0.473. The van der Waals surface area contributed by atoms with E-state index < -0.39 is 0 Å². The molecule has 25 heavy (non-hydrogen) atoms. The normalized spacial score (nSPS) is 11.1. The van der Waals surface area contributed by atoms with E-state index in [1.54, 1.807) is 23.8 Å². The van der Waals surface area contributed by atoms with Gasteiger partial charge in [-0.05, 0) is 23.6 Å². The van der Waals surface area contributed by atoms with E-state index in [0.29, 0.717) is 17.4 Å². The van der Waals surface area contributed by atoms with E-state index in [9.17, 15) is 4.79 Å². The highest BCUT2D eigenvalue weighted by molar-refractivity contribution is 5.83. The Labute approximate surface area is 143 Å². The van der Waals surface area contributed by atoms with E-state index >= 15 is 0 Å². The highest BCUT2D eigenvalue weighted by Gasteiger charge is 2.10. The SMILES string of the molecule is COc1ccc2nnc(CNC(=O)Cn3ccc4ccccc43)n2n1. The molecule has 0 aliphatic carbocycles. The molecule has 1 amide bonds. The Morgan fingerprint density at radius 2 is 2.04 bits per heavy atom. The number of carbonyl (C=O) groups excluding carboxylic acids is 1. The van der Waals surface area contributed by atoms with Gasteiger partial charge in [-0.1, -0.05) is 18.2 Å². The molecule has 8 nitrogen and oxygen atoms in total. The monoisotopic (exact) mass is 336 g/mol. The summed E-state index contributed by atoms with van der Waals surface area (Å²) in [5.41, 5.74) is 1.62. The minimum atomic E-state index is -0.110. The molecule has 1 aromatic carbocycles. The number of nitrogens with one attached hydrogen (secondary N) is 1. The third-order valence-electron chi connectivity index (χ3n) is 3.95. The smallest absolute Gasteiger partial charge is 0.240 e. The summed E-state index contributed by atoms with van der Waals surface area (Å²) >= 11 is 0. The van der Waals surface area contributed by atoms with Gasteiger partial charge in [0.25, 0.3) is 0 Å². The number of amides is 1. The van der Waals surface area contributed by atoms with Crippen molar-refractivity contribution in [1.29, 1.82) is 0 Å². The molecule has 0 saturated carbocycles. The number of carbonyl (C=O) groups is 1. The van der Waals surface area contributed by atoms with Gasteiger partial charge in [0.15, 0.2) is 11.5 Å². The average molecular weight is 336 g/mol. The summed E-state index contributed by atoms with van der Waals surface area (Å²) in [6.07, 6.45) is 1.91. The van der Waals surface area contributed by atoms with Crippen molar-refractivity contribution in [3.05, 3.63) is 54.5 Å². The molecule has 126 valence electrons. The van der Waals surface area contributed by atoms with Gasteiger partial charge in [-0.2, -0.15) is 4.52 Å². The number of methoxy groups -OCH3 is 1. The molecule has 0 bridgehead atoms. The zero-order chi connectivity index (χ0) is 17.2. The number of rotatable bonds is 5. The number of benzene rings is 1. The topological polar surface area (TPSA) is 86.3 Å². The molecule has 0 unspecified atom stereocenters. The number of aromatic nitrogens is 5. The Morgan fingerprint density at radius 3 is 2.92 bits per heavy atom. The third kappa shape index (κ3) is 2.89. The molecule has 0 fully saturated rings. The van der Waals surface area contributed by atoms with E-state index in [1.807, 2.05) is 41.1 Å². The first-order chi connectivity index (χ1) is 12.2. The summed E-state index contributed by atoms with van der Waals surface area (Å²) in [5, 5.41) is 16.3. The van der Waals surface area contributed by atoms with E-state index in [1.165, 1.54) is 0 Å². The van der Waals surface area contributed by atoms with Crippen LogP contribution in [0.4, 0.5) is 0 Å². The molecular weight excluding hydrogens is 320 g/mol. The molecule has 0 saturated heterocycles. The number of hydrogen-bond acceptors (Lipinski definition) is 5. The quantitative estimate of drug-likeness (QED) is 0.595. The molecule has 4 rings (SSSR count). The molecule has 3 heterocycles. The Bertz CT molecular complexity index is 1050. The third-order valence-corrected chi connectivity index (χ3v) is 3.95. The lowest BCUT2D eigenvalue weighted by Crippen LogP contribution is -2.27. The molecule has 8 heteroatoms. The number of hydrogen-bond donors (Lipinski definition) is 1. The van der Waals surface area contributed by atoms with Crippen molar-refractivity contribution in [2.45, 2.75) is 13.1 Å². The number of fused-ring (bicyclic) bond motifs is 2. The number of ether oxygens (including phenoxy) is 1. The number of para-hydroxylation sites is 1. The van der Waals surface area contributed by atoms with Crippen LogP contribution in [0.5, 0.6) is 5.88 Å². The van der Waals surface area contributed by atoms with Crippen LogP contribution in [0.3, 0.4) is 0 Å². The van der Waals surface area contributed by atoms with Crippen LogP contribution in [0.15, 0.2) is 48.7 Å². The Morgan fingerprint density at radius 1 is 1.16 bits per heavy atom. The summed E-state index contributed by atoms with van der Waals surface area (Å²) in [5.74, 6) is 0.888. The number of nitrogens with zero attached hydrogens (tertiary/aromatic N) is 5. The van der Waals surface area contributed by atoms with E-state index in [2.05, 4.69) is 20.6 Å². The van der Waals surface area contributed by atoms with E-state index in [0.717, 1.165) is 10.9 Å². The lowest BCUT2D eigenvalue weighted by atomic mass is 10.2. The lowest BCUT2D eigenvalue weighted by Gasteiger charge is -2.07. The maximum absolute atomic E-state index is 12.3. The zero-order valence-corrected chi connectivity index (χ0v) is 13.6. The van der Waals surface area contributed by atoms with Crippen LogP contribution in [0.2, 0.25) is 0 Å². The summed E-state index contributed by atoms with van der Waals surface area (Å²) < 4.78 is 8.58. The molecule has 4 aromatic rings. The highest BCUT2D eigenvalue weighted by Crippen LogP contribution is 2.14. The molecule has 0 aliphatic rings. The molecule has 0 spiro atoms. The highest BCUT2D eigenvalue weighted by atomic mass is 16.5. The van der Waals surface area contributed by atoms with Crippen LogP contribution >= 0.6 is 0 Å². The second kappa shape index (κ2) is 6.23. The minimum Gasteiger partial charge on any atom is -0.480 e. The predicted molar refractivity (Wildman–Crippen MR) is 91.1 cm³/mol. The van der Waals surface area contributed by atoms with Gasteiger partial charge in [-0.15, -0.1) is 15.3 Å². The van der Waals surface area contributed by atoms with Crippen LogP contribution in [0, 0.1) is 0 Å². The van der Waals surface area contributed by atoms with Gasteiger partial charge in [0, 0.05) is 17.8 Å². The molecule has 0 radical (unpaired) electrons. The van der Waals surface area contributed by atoms with Gasteiger partial charge < -0.3 is 14.6 Å². The Balaban J connectivity index is 1.47. The van der Waals surface area contributed by atoms with Crippen LogP contribution in [0.1, 0.15) is 5.82 Å². The van der Waals surface area contributed by atoms with Crippen LogP contribution < -0.4 is 10.1 Å². The van der Waals surface area contributed by atoms with Gasteiger partial charge in [0.2, 0.25) is 11.8 Å². The Hall–Kier alpha value is -3.42. The van der Waals surface area contributed by atoms with Crippen molar-refractivity contribution < 1.29 is 9.53 Å². The van der Waals surface area contributed by atoms with Gasteiger partial charge in [-0.25, -0.2) is 0 Å². The second-order valence-corrected chi connectivity index (χ2v) is 5.54. The summed E-state index contributed by atoms with van der Waals surface area (Å²) in [7, 11) is 1.54. The van der Waals surface area contributed by atoms with Gasteiger partial charge in [0.1, 0.15) is 6.54 Å². The summed E-state index contributed by atoms with van der Waals surface area (Å²) in [4.78, 5) is 12.3. The fourth-order valence-corrected chi connectivity index (χ4v) is 2.70.